The van der Waals surface area contributed by atoms with Crippen molar-refractivity contribution in [1.82, 2.24) is 4.98 Å². The number of carbonyl (C=O) groups excluding carboxylic acids is 1. The minimum absolute atomic E-state index is 0.0362. The average molecular weight is 340 g/mol. The number of amides is 1. The van der Waals surface area contributed by atoms with Crippen LogP contribution in [0, 0.1) is 5.82 Å². The minimum Gasteiger partial charge on any atom is -0.288 e. The molecule has 0 atom stereocenters. The lowest BCUT2D eigenvalue weighted by atomic mass is 10.1. The molecule has 0 aliphatic heterocycles. The van der Waals surface area contributed by atoms with Gasteiger partial charge in [0.2, 0.25) is 5.91 Å². The largest absolute Gasteiger partial charge is 0.288 e. The summed E-state index contributed by atoms with van der Waals surface area (Å²) in [6, 6.07) is 16.2. The maximum atomic E-state index is 13.0. The van der Waals surface area contributed by atoms with Crippen LogP contribution >= 0.6 is 11.3 Å². The molecule has 1 heterocycles. The van der Waals surface area contributed by atoms with E-state index in [0.29, 0.717) is 11.7 Å². The number of aromatic nitrogens is 1. The number of nitrogens with zero attached hydrogens (tertiary/aromatic N) is 2. The molecule has 0 saturated carbocycles. The van der Waals surface area contributed by atoms with Gasteiger partial charge in [-0.15, -0.1) is 11.3 Å². The summed E-state index contributed by atoms with van der Waals surface area (Å²) < 4.78 is 13.0. The molecule has 24 heavy (non-hydrogen) atoms. The summed E-state index contributed by atoms with van der Waals surface area (Å²) in [4.78, 5) is 18.2. The number of thiazole rings is 1. The Bertz CT molecular complexity index is 815. The SMILES string of the molecule is CC(=O)N(CCc1ccccc1)c1nc(-c2ccc(F)cc2)cs1. The number of benzene rings is 2. The molecule has 3 rings (SSSR count). The minimum atomic E-state index is -0.276. The van der Waals surface area contributed by atoms with Crippen molar-refractivity contribution in [3.63, 3.8) is 0 Å². The van der Waals surface area contributed by atoms with Gasteiger partial charge in [-0.25, -0.2) is 9.37 Å². The molecule has 1 aromatic heterocycles. The fraction of sp³-hybridized carbons (Fsp3) is 0.158. The third kappa shape index (κ3) is 3.86. The number of carbonyl (C=O) groups is 1. The van der Waals surface area contributed by atoms with E-state index in [4.69, 9.17) is 0 Å². The van der Waals surface area contributed by atoms with Gasteiger partial charge in [0, 0.05) is 24.4 Å². The van der Waals surface area contributed by atoms with Crippen molar-refractivity contribution in [2.45, 2.75) is 13.3 Å². The first-order chi connectivity index (χ1) is 11.6. The number of rotatable bonds is 5. The van der Waals surface area contributed by atoms with E-state index in [9.17, 15) is 9.18 Å². The molecule has 0 aliphatic carbocycles. The molecule has 122 valence electrons. The standard InChI is InChI=1S/C19H17FN2OS/c1-14(23)22(12-11-15-5-3-2-4-6-15)19-21-18(13-24-19)16-7-9-17(20)10-8-16/h2-10,13H,11-12H2,1H3. The second-order valence-corrected chi connectivity index (χ2v) is 6.27. The van der Waals surface area contributed by atoms with Gasteiger partial charge in [-0.3, -0.25) is 9.69 Å². The molecule has 3 nitrogen and oxygen atoms in total. The van der Waals surface area contributed by atoms with Crippen LogP contribution in [0.25, 0.3) is 11.3 Å². The third-order valence-corrected chi connectivity index (χ3v) is 4.57. The highest BCUT2D eigenvalue weighted by Crippen LogP contribution is 2.28. The van der Waals surface area contributed by atoms with Gasteiger partial charge in [-0.05, 0) is 36.2 Å². The predicted molar refractivity (Wildman–Crippen MR) is 95.7 cm³/mol. The van der Waals surface area contributed by atoms with Crippen LogP contribution < -0.4 is 4.90 Å². The highest BCUT2D eigenvalue weighted by molar-refractivity contribution is 7.14. The predicted octanol–water partition coefficient (Wildman–Crippen LogP) is 4.54. The fourth-order valence-electron chi connectivity index (χ4n) is 2.41. The number of hydrogen-bond donors (Lipinski definition) is 0. The zero-order chi connectivity index (χ0) is 16.9. The second kappa shape index (κ2) is 7.36. The third-order valence-electron chi connectivity index (χ3n) is 3.71. The first kappa shape index (κ1) is 16.3. The van der Waals surface area contributed by atoms with E-state index in [1.165, 1.54) is 29.0 Å². The maximum absolute atomic E-state index is 13.0. The first-order valence-corrected chi connectivity index (χ1v) is 8.55. The van der Waals surface area contributed by atoms with Crippen LogP contribution in [0.15, 0.2) is 60.0 Å². The normalized spacial score (nSPS) is 10.6. The summed E-state index contributed by atoms with van der Waals surface area (Å²) >= 11 is 1.42. The topological polar surface area (TPSA) is 33.2 Å². The summed E-state index contributed by atoms with van der Waals surface area (Å²) in [5, 5.41) is 2.55. The van der Waals surface area contributed by atoms with Crippen LogP contribution in [0.2, 0.25) is 0 Å². The molecule has 0 fully saturated rings. The van der Waals surface area contributed by atoms with Gasteiger partial charge in [0.25, 0.3) is 0 Å². The van der Waals surface area contributed by atoms with E-state index < -0.39 is 0 Å². The van der Waals surface area contributed by atoms with Crippen molar-refractivity contribution >= 4 is 22.4 Å². The van der Waals surface area contributed by atoms with Gasteiger partial charge in [0.15, 0.2) is 5.13 Å². The highest BCUT2D eigenvalue weighted by atomic mass is 32.1. The number of anilines is 1. The molecule has 0 radical (unpaired) electrons. The molecule has 0 unspecified atom stereocenters. The van der Waals surface area contributed by atoms with E-state index in [-0.39, 0.29) is 11.7 Å². The highest BCUT2D eigenvalue weighted by Gasteiger charge is 2.16. The average Bonchev–Trinajstić information content (AvgIpc) is 3.06. The lowest BCUT2D eigenvalue weighted by Gasteiger charge is -2.17. The quantitative estimate of drug-likeness (QED) is 0.683. The van der Waals surface area contributed by atoms with Crippen molar-refractivity contribution in [2.75, 3.05) is 11.4 Å². The smallest absolute Gasteiger partial charge is 0.225 e. The van der Waals surface area contributed by atoms with E-state index in [0.717, 1.165) is 17.7 Å². The van der Waals surface area contributed by atoms with Gasteiger partial charge in [0.05, 0.1) is 5.69 Å². The fourth-order valence-corrected chi connectivity index (χ4v) is 3.32. The van der Waals surface area contributed by atoms with Crippen molar-refractivity contribution in [3.8, 4) is 11.3 Å². The van der Waals surface area contributed by atoms with E-state index in [1.807, 2.05) is 35.7 Å². The summed E-state index contributed by atoms with van der Waals surface area (Å²) in [6.45, 7) is 2.12. The maximum Gasteiger partial charge on any atom is 0.225 e. The Morgan fingerprint density at radius 1 is 1.12 bits per heavy atom. The van der Waals surface area contributed by atoms with Crippen LogP contribution in [0.5, 0.6) is 0 Å². The Hall–Kier alpha value is -2.53. The van der Waals surface area contributed by atoms with Crippen LogP contribution in [-0.4, -0.2) is 17.4 Å². The van der Waals surface area contributed by atoms with Crippen LogP contribution in [0.3, 0.4) is 0 Å². The van der Waals surface area contributed by atoms with Gasteiger partial charge < -0.3 is 0 Å². The number of hydrogen-bond acceptors (Lipinski definition) is 3. The van der Waals surface area contributed by atoms with Crippen LogP contribution in [0.4, 0.5) is 9.52 Å². The monoisotopic (exact) mass is 340 g/mol. The Kier molecular flexibility index (Phi) is 5.01. The summed E-state index contributed by atoms with van der Waals surface area (Å²) in [5.41, 5.74) is 2.77. The van der Waals surface area contributed by atoms with Gasteiger partial charge in [-0.2, -0.15) is 0 Å². The van der Waals surface area contributed by atoms with Crippen LogP contribution in [-0.2, 0) is 11.2 Å². The van der Waals surface area contributed by atoms with Gasteiger partial charge in [0.1, 0.15) is 5.82 Å². The summed E-state index contributed by atoms with van der Waals surface area (Å²) in [6.07, 6.45) is 0.770. The zero-order valence-electron chi connectivity index (χ0n) is 13.3. The second-order valence-electron chi connectivity index (χ2n) is 5.43. The number of halogens is 1. The Labute approximate surface area is 144 Å². The Morgan fingerprint density at radius 3 is 2.50 bits per heavy atom. The molecule has 2 aromatic carbocycles. The summed E-state index contributed by atoms with van der Waals surface area (Å²) in [7, 11) is 0. The molecule has 0 saturated heterocycles. The Morgan fingerprint density at radius 2 is 1.83 bits per heavy atom. The molecule has 5 heteroatoms. The van der Waals surface area contributed by atoms with E-state index >= 15 is 0 Å². The summed E-state index contributed by atoms with van der Waals surface area (Å²) in [5.74, 6) is -0.312. The molecular weight excluding hydrogens is 323 g/mol. The van der Waals surface area contributed by atoms with Crippen molar-refractivity contribution in [1.29, 1.82) is 0 Å². The van der Waals surface area contributed by atoms with Crippen LogP contribution in [0.1, 0.15) is 12.5 Å². The molecule has 3 aromatic rings. The van der Waals surface area contributed by atoms with Gasteiger partial charge in [-0.1, -0.05) is 30.3 Å². The molecular formula is C19H17FN2OS. The lowest BCUT2D eigenvalue weighted by molar-refractivity contribution is -0.116. The molecule has 0 N–H and O–H groups in total. The zero-order valence-corrected chi connectivity index (χ0v) is 14.1. The molecule has 0 aliphatic rings. The van der Waals surface area contributed by atoms with Gasteiger partial charge >= 0.3 is 0 Å². The van der Waals surface area contributed by atoms with E-state index in [2.05, 4.69) is 4.98 Å². The molecule has 0 spiro atoms. The van der Waals surface area contributed by atoms with Crippen molar-refractivity contribution in [3.05, 3.63) is 71.4 Å². The van der Waals surface area contributed by atoms with E-state index in [1.54, 1.807) is 24.0 Å². The Balaban J connectivity index is 1.77. The first-order valence-electron chi connectivity index (χ1n) is 7.67. The van der Waals surface area contributed by atoms with Crippen molar-refractivity contribution in [2.24, 2.45) is 0 Å². The lowest BCUT2D eigenvalue weighted by Crippen LogP contribution is -2.30. The molecule has 0 bridgehead atoms. The molecule has 1 amide bonds. The van der Waals surface area contributed by atoms with Crippen molar-refractivity contribution < 1.29 is 9.18 Å².